The average Bonchev–Trinajstić information content (AvgIpc) is 2.03. The number of carbonyl (C=O) groups excluding carboxylic acids is 2. The van der Waals surface area contributed by atoms with Crippen LogP contribution in [0.5, 0.6) is 0 Å². The topological polar surface area (TPSA) is 34.1 Å². The molecule has 70 valence electrons. The lowest BCUT2D eigenvalue weighted by Gasteiger charge is -2.01. The molecule has 1 atom stereocenters. The van der Waals surface area contributed by atoms with Crippen molar-refractivity contribution in [3.05, 3.63) is 0 Å². The van der Waals surface area contributed by atoms with Crippen molar-refractivity contribution >= 4 is 23.2 Å². The summed E-state index contributed by atoms with van der Waals surface area (Å²) in [6, 6.07) is 0. The van der Waals surface area contributed by atoms with Crippen molar-refractivity contribution in [1.82, 2.24) is 0 Å². The number of carbonyl (C=O) groups is 2. The highest BCUT2D eigenvalue weighted by Crippen LogP contribution is 2.09. The minimum absolute atomic E-state index is 0.173. The second-order valence-corrected chi connectivity index (χ2v) is 4.22. The molecule has 12 heavy (non-hydrogen) atoms. The van der Waals surface area contributed by atoms with Crippen LogP contribution in [0.4, 0.5) is 0 Å². The van der Waals surface area contributed by atoms with Crippen LogP contribution in [-0.2, 0) is 9.59 Å². The summed E-state index contributed by atoms with van der Waals surface area (Å²) in [7, 11) is 0. The highest BCUT2D eigenvalue weighted by atomic mass is 32.2. The third kappa shape index (κ3) is 7.79. The fraction of sp³-hybridized carbons (Fsp3) is 0.778. The molecule has 0 rings (SSSR count). The molecular weight excluding hydrogens is 172 g/mol. The van der Waals surface area contributed by atoms with E-state index in [0.717, 1.165) is 31.3 Å². The molecule has 0 N–H and O–H groups in total. The van der Waals surface area contributed by atoms with Gasteiger partial charge < -0.3 is 4.79 Å². The lowest BCUT2D eigenvalue weighted by molar-refractivity contribution is -0.111. The van der Waals surface area contributed by atoms with Gasteiger partial charge in [-0.15, -0.1) is 0 Å². The predicted octanol–water partition coefficient (Wildman–Crippen LogP) is 2.27. The molecule has 1 unspecified atom stereocenters. The Hall–Kier alpha value is -0.310. The van der Waals surface area contributed by atoms with Gasteiger partial charge in [-0.1, -0.05) is 25.1 Å². The van der Waals surface area contributed by atoms with E-state index >= 15 is 0 Å². The molecule has 0 amide bonds. The lowest BCUT2D eigenvalue weighted by Crippen LogP contribution is -1.96. The maximum absolute atomic E-state index is 10.5. The summed E-state index contributed by atoms with van der Waals surface area (Å²) < 4.78 is 0. The Kier molecular flexibility index (Phi) is 7.16. The summed E-state index contributed by atoms with van der Waals surface area (Å²) in [5.41, 5.74) is 0. The average molecular weight is 188 g/mol. The van der Waals surface area contributed by atoms with E-state index in [1.165, 1.54) is 11.8 Å². The van der Waals surface area contributed by atoms with Crippen LogP contribution in [0.3, 0.4) is 0 Å². The molecular formula is C9H16O2S. The second kappa shape index (κ2) is 7.35. The molecule has 0 heterocycles. The van der Waals surface area contributed by atoms with Crippen LogP contribution in [0, 0.1) is 5.92 Å². The molecule has 0 aromatic carbocycles. The largest absolute Gasteiger partial charge is 0.303 e. The molecule has 2 nitrogen and oxygen atoms in total. The minimum Gasteiger partial charge on any atom is -0.303 e. The maximum atomic E-state index is 10.5. The Balaban J connectivity index is 3.10. The van der Waals surface area contributed by atoms with E-state index in [4.69, 9.17) is 0 Å². The summed E-state index contributed by atoms with van der Waals surface area (Å²) in [5, 5.41) is 0.179. The first-order chi connectivity index (χ1) is 5.66. The van der Waals surface area contributed by atoms with E-state index in [-0.39, 0.29) is 11.0 Å². The number of hydrogen-bond donors (Lipinski definition) is 0. The van der Waals surface area contributed by atoms with E-state index in [2.05, 4.69) is 0 Å². The molecule has 0 spiro atoms. The smallest absolute Gasteiger partial charge is 0.185 e. The van der Waals surface area contributed by atoms with Gasteiger partial charge in [-0.3, -0.25) is 4.79 Å². The van der Waals surface area contributed by atoms with Crippen molar-refractivity contribution in [2.24, 2.45) is 5.92 Å². The first kappa shape index (κ1) is 11.7. The highest BCUT2D eigenvalue weighted by Gasteiger charge is 1.99. The zero-order valence-corrected chi connectivity index (χ0v) is 8.52. The van der Waals surface area contributed by atoms with Crippen molar-refractivity contribution < 1.29 is 9.59 Å². The molecule has 0 bridgehead atoms. The van der Waals surface area contributed by atoms with Crippen LogP contribution in [0.15, 0.2) is 0 Å². The molecule has 0 radical (unpaired) electrons. The van der Waals surface area contributed by atoms with Gasteiger partial charge in [0.15, 0.2) is 5.12 Å². The SMILES string of the molecule is CC(=O)SCCCCC(C)C=O. The third-order valence-corrected chi connectivity index (χ3v) is 2.49. The Morgan fingerprint density at radius 3 is 2.67 bits per heavy atom. The summed E-state index contributed by atoms with van der Waals surface area (Å²) in [5.74, 6) is 1.06. The zero-order valence-electron chi connectivity index (χ0n) is 7.71. The molecule has 0 aliphatic carbocycles. The van der Waals surface area contributed by atoms with Gasteiger partial charge in [0.05, 0.1) is 0 Å². The van der Waals surface area contributed by atoms with E-state index in [9.17, 15) is 9.59 Å². The fourth-order valence-electron chi connectivity index (χ4n) is 0.852. The van der Waals surface area contributed by atoms with Gasteiger partial charge in [0.1, 0.15) is 6.29 Å². The van der Waals surface area contributed by atoms with E-state index < -0.39 is 0 Å². The zero-order chi connectivity index (χ0) is 9.40. The van der Waals surface area contributed by atoms with Crippen molar-refractivity contribution in [3.63, 3.8) is 0 Å². The lowest BCUT2D eigenvalue weighted by atomic mass is 10.1. The van der Waals surface area contributed by atoms with Crippen LogP contribution in [-0.4, -0.2) is 17.2 Å². The number of unbranched alkanes of at least 4 members (excludes halogenated alkanes) is 1. The quantitative estimate of drug-likeness (QED) is 0.473. The first-order valence-corrected chi connectivity index (χ1v) is 5.24. The molecule has 0 aliphatic heterocycles. The van der Waals surface area contributed by atoms with Gasteiger partial charge in [0, 0.05) is 18.6 Å². The summed E-state index contributed by atoms with van der Waals surface area (Å²) in [4.78, 5) is 20.7. The van der Waals surface area contributed by atoms with E-state index in [0.29, 0.717) is 0 Å². The van der Waals surface area contributed by atoms with E-state index in [1.807, 2.05) is 6.92 Å². The van der Waals surface area contributed by atoms with Crippen LogP contribution in [0.1, 0.15) is 33.1 Å². The summed E-state index contributed by atoms with van der Waals surface area (Å²) in [6.07, 6.45) is 4.00. The molecule has 0 saturated heterocycles. The molecule has 3 heteroatoms. The molecule has 0 aliphatic rings. The fourth-order valence-corrected chi connectivity index (χ4v) is 1.49. The van der Waals surface area contributed by atoms with Crippen molar-refractivity contribution in [1.29, 1.82) is 0 Å². The van der Waals surface area contributed by atoms with E-state index in [1.54, 1.807) is 6.92 Å². The molecule has 0 fully saturated rings. The van der Waals surface area contributed by atoms with Gasteiger partial charge >= 0.3 is 0 Å². The van der Waals surface area contributed by atoms with Crippen molar-refractivity contribution in [2.75, 3.05) is 5.75 Å². The Bertz CT molecular complexity index is 145. The van der Waals surface area contributed by atoms with Crippen molar-refractivity contribution in [3.8, 4) is 0 Å². The Morgan fingerprint density at radius 2 is 2.17 bits per heavy atom. The predicted molar refractivity (Wildman–Crippen MR) is 52.2 cm³/mol. The number of rotatable bonds is 6. The number of thioether (sulfide) groups is 1. The van der Waals surface area contributed by atoms with Crippen LogP contribution in [0.2, 0.25) is 0 Å². The van der Waals surface area contributed by atoms with Gasteiger partial charge in [-0.2, -0.15) is 0 Å². The van der Waals surface area contributed by atoms with Crippen LogP contribution >= 0.6 is 11.8 Å². The molecule has 0 aromatic rings. The second-order valence-electron chi connectivity index (χ2n) is 2.95. The standard InChI is InChI=1S/C9H16O2S/c1-8(7-10)5-3-4-6-12-9(2)11/h7-8H,3-6H2,1-2H3. The highest BCUT2D eigenvalue weighted by molar-refractivity contribution is 8.13. The maximum Gasteiger partial charge on any atom is 0.185 e. The molecule has 0 saturated carbocycles. The molecule has 0 aromatic heterocycles. The minimum atomic E-state index is 0.173. The van der Waals surface area contributed by atoms with Crippen LogP contribution in [0.25, 0.3) is 0 Å². The van der Waals surface area contributed by atoms with Gasteiger partial charge in [-0.05, 0) is 12.8 Å². The first-order valence-electron chi connectivity index (χ1n) is 4.25. The normalized spacial score (nSPS) is 12.5. The third-order valence-electron chi connectivity index (χ3n) is 1.59. The Morgan fingerprint density at radius 1 is 1.50 bits per heavy atom. The monoisotopic (exact) mass is 188 g/mol. The van der Waals surface area contributed by atoms with Crippen LogP contribution < -0.4 is 0 Å². The number of hydrogen-bond acceptors (Lipinski definition) is 3. The van der Waals surface area contributed by atoms with Gasteiger partial charge in [0.25, 0.3) is 0 Å². The van der Waals surface area contributed by atoms with Gasteiger partial charge in [0.2, 0.25) is 0 Å². The van der Waals surface area contributed by atoms with Crippen molar-refractivity contribution in [2.45, 2.75) is 33.1 Å². The Labute approximate surface area is 78.1 Å². The number of aldehydes is 1. The summed E-state index contributed by atoms with van der Waals surface area (Å²) >= 11 is 1.36. The van der Waals surface area contributed by atoms with Gasteiger partial charge in [-0.25, -0.2) is 0 Å². The summed E-state index contributed by atoms with van der Waals surface area (Å²) in [6.45, 7) is 3.50.